The lowest BCUT2D eigenvalue weighted by atomic mass is 10.1. The van der Waals surface area contributed by atoms with Gasteiger partial charge in [-0.25, -0.2) is 4.39 Å². The van der Waals surface area contributed by atoms with Crippen LogP contribution < -0.4 is 0 Å². The molecule has 2 rings (SSSR count). The average Bonchev–Trinajstić information content (AvgIpc) is 2.76. The molecule has 0 aliphatic rings. The number of carbonyl (C=O) groups excluding carboxylic acids is 1. The van der Waals surface area contributed by atoms with E-state index in [0.717, 1.165) is 11.5 Å². The summed E-state index contributed by atoms with van der Waals surface area (Å²) in [6, 6.07) is 4.33. The van der Waals surface area contributed by atoms with Gasteiger partial charge in [0.1, 0.15) is 10.7 Å². The second-order valence-electron chi connectivity index (χ2n) is 3.08. The molecule has 0 radical (unpaired) electrons. The van der Waals surface area contributed by atoms with Crippen molar-refractivity contribution in [1.82, 2.24) is 9.59 Å². The van der Waals surface area contributed by atoms with Crippen molar-refractivity contribution >= 4 is 28.9 Å². The van der Waals surface area contributed by atoms with Gasteiger partial charge in [-0.05, 0) is 23.7 Å². The van der Waals surface area contributed by atoms with Crippen LogP contribution in [0, 0.1) is 5.82 Å². The Balaban J connectivity index is 2.25. The van der Waals surface area contributed by atoms with Crippen molar-refractivity contribution in [3.63, 3.8) is 0 Å². The second-order valence-corrected chi connectivity index (χ2v) is 4.27. The summed E-state index contributed by atoms with van der Waals surface area (Å²) >= 11 is 6.80. The van der Waals surface area contributed by atoms with Gasteiger partial charge in [-0.3, -0.25) is 4.79 Å². The number of benzene rings is 1. The standard InChI is InChI=1S/C10H6ClFN2OS/c11-7-2-1-3-8(12)6(7)4-9(15)10-5-13-14-16-10/h1-3,5H,4H2. The van der Waals surface area contributed by atoms with Crippen molar-refractivity contribution in [1.29, 1.82) is 0 Å². The number of hydrogen-bond acceptors (Lipinski definition) is 4. The van der Waals surface area contributed by atoms with Gasteiger partial charge in [-0.15, -0.1) is 5.10 Å². The van der Waals surface area contributed by atoms with Crippen LogP contribution in [-0.4, -0.2) is 15.4 Å². The number of nitrogens with zero attached hydrogens (tertiary/aromatic N) is 2. The fourth-order valence-corrected chi connectivity index (χ4v) is 1.92. The molecule has 82 valence electrons. The molecule has 0 unspecified atom stereocenters. The molecular weight excluding hydrogens is 251 g/mol. The van der Waals surface area contributed by atoms with E-state index in [1.165, 1.54) is 18.3 Å². The second kappa shape index (κ2) is 4.67. The lowest BCUT2D eigenvalue weighted by Gasteiger charge is -2.03. The molecule has 0 spiro atoms. The fraction of sp³-hybridized carbons (Fsp3) is 0.100. The third-order valence-electron chi connectivity index (χ3n) is 2.04. The molecule has 0 saturated carbocycles. The van der Waals surface area contributed by atoms with E-state index in [9.17, 15) is 9.18 Å². The third-order valence-corrected chi connectivity index (χ3v) is 3.09. The topological polar surface area (TPSA) is 42.9 Å². The summed E-state index contributed by atoms with van der Waals surface area (Å²) in [5, 5.41) is 3.81. The molecule has 0 aliphatic carbocycles. The molecule has 0 N–H and O–H groups in total. The summed E-state index contributed by atoms with van der Waals surface area (Å²) in [6.07, 6.45) is 1.29. The zero-order chi connectivity index (χ0) is 11.5. The van der Waals surface area contributed by atoms with Gasteiger partial charge >= 0.3 is 0 Å². The van der Waals surface area contributed by atoms with Crippen LogP contribution in [-0.2, 0) is 6.42 Å². The Morgan fingerprint density at radius 3 is 2.94 bits per heavy atom. The Kier molecular flexibility index (Phi) is 3.26. The predicted octanol–water partition coefficient (Wildman–Crippen LogP) is 2.76. The van der Waals surface area contributed by atoms with Crippen LogP contribution in [0.2, 0.25) is 5.02 Å². The van der Waals surface area contributed by atoms with E-state index in [-0.39, 0.29) is 22.8 Å². The van der Waals surface area contributed by atoms with Gasteiger partial charge in [-0.2, -0.15) is 0 Å². The predicted molar refractivity (Wildman–Crippen MR) is 59.4 cm³/mol. The van der Waals surface area contributed by atoms with Gasteiger partial charge in [0, 0.05) is 17.0 Å². The van der Waals surface area contributed by atoms with E-state index in [1.54, 1.807) is 6.07 Å². The molecule has 0 fully saturated rings. The summed E-state index contributed by atoms with van der Waals surface area (Å²) in [4.78, 5) is 12.1. The lowest BCUT2D eigenvalue weighted by molar-refractivity contribution is 0.0995. The first-order chi connectivity index (χ1) is 7.68. The normalized spacial score (nSPS) is 10.4. The Morgan fingerprint density at radius 2 is 2.31 bits per heavy atom. The van der Waals surface area contributed by atoms with E-state index in [4.69, 9.17) is 11.6 Å². The first kappa shape index (κ1) is 11.2. The fourth-order valence-electron chi connectivity index (χ4n) is 1.24. The van der Waals surface area contributed by atoms with Crippen molar-refractivity contribution in [3.05, 3.63) is 45.7 Å². The first-order valence-corrected chi connectivity index (χ1v) is 5.57. The molecule has 2 aromatic rings. The largest absolute Gasteiger partial charge is 0.293 e. The number of carbonyl (C=O) groups is 1. The van der Waals surface area contributed by atoms with Gasteiger partial charge in [0.15, 0.2) is 5.78 Å². The number of Topliss-reactive ketones (excluding diaryl/α,β-unsaturated/α-hetero) is 1. The lowest BCUT2D eigenvalue weighted by Crippen LogP contribution is -2.04. The number of rotatable bonds is 3. The van der Waals surface area contributed by atoms with Crippen LogP contribution in [0.3, 0.4) is 0 Å². The minimum absolute atomic E-state index is 0.0740. The highest BCUT2D eigenvalue weighted by molar-refractivity contribution is 7.07. The van der Waals surface area contributed by atoms with Gasteiger partial charge < -0.3 is 0 Å². The Morgan fingerprint density at radius 1 is 1.50 bits per heavy atom. The molecule has 0 atom stereocenters. The zero-order valence-corrected chi connectivity index (χ0v) is 9.56. The molecule has 16 heavy (non-hydrogen) atoms. The van der Waals surface area contributed by atoms with Crippen LogP contribution in [0.4, 0.5) is 4.39 Å². The molecule has 0 aliphatic heterocycles. The maximum absolute atomic E-state index is 13.4. The van der Waals surface area contributed by atoms with E-state index in [1.807, 2.05) is 0 Å². The molecule has 0 saturated heterocycles. The van der Waals surface area contributed by atoms with Gasteiger partial charge in [0.25, 0.3) is 0 Å². The van der Waals surface area contributed by atoms with E-state index >= 15 is 0 Å². The first-order valence-electron chi connectivity index (χ1n) is 4.42. The molecule has 1 aromatic heterocycles. The molecule has 0 bridgehead atoms. The zero-order valence-electron chi connectivity index (χ0n) is 7.98. The molecular formula is C10H6ClFN2OS. The van der Waals surface area contributed by atoms with Crippen LogP contribution in [0.5, 0.6) is 0 Å². The number of hydrogen-bond donors (Lipinski definition) is 0. The Hall–Kier alpha value is -1.33. The highest BCUT2D eigenvalue weighted by atomic mass is 35.5. The van der Waals surface area contributed by atoms with Crippen molar-refractivity contribution < 1.29 is 9.18 Å². The van der Waals surface area contributed by atoms with Gasteiger partial charge in [0.2, 0.25) is 0 Å². The van der Waals surface area contributed by atoms with Gasteiger partial charge in [-0.1, -0.05) is 22.2 Å². The summed E-state index contributed by atoms with van der Waals surface area (Å²) in [5.74, 6) is -0.708. The molecule has 3 nitrogen and oxygen atoms in total. The molecule has 6 heteroatoms. The van der Waals surface area contributed by atoms with E-state index in [2.05, 4.69) is 9.59 Å². The summed E-state index contributed by atoms with van der Waals surface area (Å²) in [5.41, 5.74) is 0.211. The maximum atomic E-state index is 13.4. The van der Waals surface area contributed by atoms with Crippen molar-refractivity contribution in [2.45, 2.75) is 6.42 Å². The Labute approximate surface area is 100 Å². The smallest absolute Gasteiger partial charge is 0.180 e. The monoisotopic (exact) mass is 256 g/mol. The maximum Gasteiger partial charge on any atom is 0.180 e. The molecule has 1 aromatic carbocycles. The molecule has 0 amide bonds. The van der Waals surface area contributed by atoms with Crippen molar-refractivity contribution in [2.75, 3.05) is 0 Å². The van der Waals surface area contributed by atoms with Crippen LogP contribution >= 0.6 is 23.1 Å². The van der Waals surface area contributed by atoms with Gasteiger partial charge in [0.05, 0.1) is 6.20 Å². The van der Waals surface area contributed by atoms with Crippen LogP contribution in [0.25, 0.3) is 0 Å². The SMILES string of the molecule is O=C(Cc1c(F)cccc1Cl)c1cnns1. The summed E-state index contributed by atoms with van der Waals surface area (Å²) < 4.78 is 17.0. The highest BCUT2D eigenvalue weighted by Crippen LogP contribution is 2.21. The third kappa shape index (κ3) is 2.25. The number of halogens is 2. The number of ketones is 1. The quantitative estimate of drug-likeness (QED) is 0.793. The van der Waals surface area contributed by atoms with Crippen LogP contribution in [0.1, 0.15) is 15.2 Å². The minimum Gasteiger partial charge on any atom is -0.293 e. The number of aromatic nitrogens is 2. The summed E-state index contributed by atoms with van der Waals surface area (Å²) in [6.45, 7) is 0. The Bertz CT molecular complexity index is 495. The summed E-state index contributed by atoms with van der Waals surface area (Å²) in [7, 11) is 0. The van der Waals surface area contributed by atoms with Crippen molar-refractivity contribution in [3.8, 4) is 0 Å². The van der Waals surface area contributed by atoms with E-state index in [0.29, 0.717) is 4.88 Å². The average molecular weight is 257 g/mol. The highest BCUT2D eigenvalue weighted by Gasteiger charge is 2.14. The minimum atomic E-state index is -0.474. The van der Waals surface area contributed by atoms with Crippen molar-refractivity contribution in [2.24, 2.45) is 0 Å². The molecule has 1 heterocycles. The van der Waals surface area contributed by atoms with E-state index < -0.39 is 5.82 Å². The van der Waals surface area contributed by atoms with Crippen LogP contribution in [0.15, 0.2) is 24.4 Å².